The van der Waals surface area contributed by atoms with E-state index >= 15 is 0 Å². The molecule has 108 valence electrons. The molecule has 1 aliphatic carbocycles. The predicted molar refractivity (Wildman–Crippen MR) is 80.2 cm³/mol. The highest BCUT2D eigenvalue weighted by Gasteiger charge is 2.40. The first kappa shape index (κ1) is 15.0. The molecule has 1 aromatic heterocycles. The third-order valence-electron chi connectivity index (χ3n) is 4.45. The van der Waals surface area contributed by atoms with Crippen LogP contribution in [0.3, 0.4) is 0 Å². The molecule has 1 aliphatic rings. The number of nitrogens with zero attached hydrogens (tertiary/aromatic N) is 2. The number of ether oxygens (including phenoxy) is 1. The molecule has 1 atom stereocenters. The number of nitrogens with two attached hydrogens (primary N) is 1. The monoisotopic (exact) mass is 329 g/mol. The second kappa shape index (κ2) is 5.94. The fourth-order valence-corrected chi connectivity index (χ4v) is 3.91. The predicted octanol–water partition coefficient (Wildman–Crippen LogP) is 2.57. The number of hydrogen-bond acceptors (Lipinski definition) is 3. The van der Waals surface area contributed by atoms with E-state index in [2.05, 4.69) is 28.0 Å². The molecule has 4 nitrogen and oxygen atoms in total. The van der Waals surface area contributed by atoms with E-state index in [1.807, 2.05) is 11.7 Å². The average molecular weight is 330 g/mol. The molecule has 2 rings (SSSR count). The van der Waals surface area contributed by atoms with E-state index in [0.717, 1.165) is 35.8 Å². The standard InChI is InChI=1S/C14H24BrN3O/c1-4-10-13(15)11(18(2)17-10)9-12(16)14(19-3)7-5-6-8-14/h12H,4-9,16H2,1-3H3. The summed E-state index contributed by atoms with van der Waals surface area (Å²) in [6.07, 6.45) is 6.31. The van der Waals surface area contributed by atoms with E-state index in [-0.39, 0.29) is 11.6 Å². The second-order valence-corrected chi connectivity index (χ2v) is 6.26. The normalized spacial score (nSPS) is 19.8. The van der Waals surface area contributed by atoms with Crippen molar-refractivity contribution in [2.45, 2.75) is 57.1 Å². The first-order chi connectivity index (χ1) is 9.04. The Balaban J connectivity index is 2.18. The van der Waals surface area contributed by atoms with Crippen molar-refractivity contribution in [1.29, 1.82) is 0 Å². The maximum Gasteiger partial charge on any atom is 0.0832 e. The van der Waals surface area contributed by atoms with Crippen molar-refractivity contribution in [3.8, 4) is 0 Å². The zero-order valence-corrected chi connectivity index (χ0v) is 13.7. The molecule has 0 radical (unpaired) electrons. The smallest absolute Gasteiger partial charge is 0.0832 e. The van der Waals surface area contributed by atoms with Crippen molar-refractivity contribution in [2.24, 2.45) is 12.8 Å². The van der Waals surface area contributed by atoms with Crippen LogP contribution < -0.4 is 5.73 Å². The summed E-state index contributed by atoms with van der Waals surface area (Å²) in [5.74, 6) is 0. The Hall–Kier alpha value is -0.390. The van der Waals surface area contributed by atoms with E-state index in [0.29, 0.717) is 0 Å². The molecule has 0 aromatic carbocycles. The molecule has 0 bridgehead atoms. The summed E-state index contributed by atoms with van der Waals surface area (Å²) < 4.78 is 8.83. The highest BCUT2D eigenvalue weighted by Crippen LogP contribution is 2.36. The van der Waals surface area contributed by atoms with Crippen LogP contribution in [-0.2, 0) is 24.6 Å². The molecular formula is C14H24BrN3O. The minimum atomic E-state index is -0.143. The number of aryl methyl sites for hydroxylation is 2. The third kappa shape index (κ3) is 2.73. The molecule has 5 heteroatoms. The lowest BCUT2D eigenvalue weighted by atomic mass is 9.89. The van der Waals surface area contributed by atoms with Gasteiger partial charge in [-0.1, -0.05) is 19.8 Å². The summed E-state index contributed by atoms with van der Waals surface area (Å²) in [4.78, 5) is 0. The molecule has 0 aliphatic heterocycles. The van der Waals surface area contributed by atoms with Crippen molar-refractivity contribution in [1.82, 2.24) is 9.78 Å². The van der Waals surface area contributed by atoms with Crippen molar-refractivity contribution in [3.05, 3.63) is 15.9 Å². The number of aromatic nitrogens is 2. The molecule has 1 saturated carbocycles. The van der Waals surface area contributed by atoms with Crippen LogP contribution in [0.1, 0.15) is 44.0 Å². The van der Waals surface area contributed by atoms with Gasteiger partial charge in [0, 0.05) is 26.6 Å². The van der Waals surface area contributed by atoms with E-state index < -0.39 is 0 Å². The van der Waals surface area contributed by atoms with Gasteiger partial charge >= 0.3 is 0 Å². The van der Waals surface area contributed by atoms with Gasteiger partial charge in [-0.15, -0.1) is 0 Å². The molecular weight excluding hydrogens is 306 g/mol. The Morgan fingerprint density at radius 3 is 2.58 bits per heavy atom. The van der Waals surface area contributed by atoms with Gasteiger partial charge < -0.3 is 10.5 Å². The molecule has 1 heterocycles. The fraction of sp³-hybridized carbons (Fsp3) is 0.786. The second-order valence-electron chi connectivity index (χ2n) is 5.47. The molecule has 2 N–H and O–H groups in total. The van der Waals surface area contributed by atoms with Crippen LogP contribution in [-0.4, -0.2) is 28.5 Å². The Labute approximate surface area is 123 Å². The lowest BCUT2D eigenvalue weighted by Gasteiger charge is -2.34. The maximum atomic E-state index is 6.46. The van der Waals surface area contributed by atoms with Crippen molar-refractivity contribution in [3.63, 3.8) is 0 Å². The summed E-state index contributed by atoms with van der Waals surface area (Å²) >= 11 is 3.66. The first-order valence-corrected chi connectivity index (χ1v) is 7.84. The summed E-state index contributed by atoms with van der Waals surface area (Å²) in [6, 6.07) is 0.0245. The van der Waals surface area contributed by atoms with Gasteiger partial charge in [-0.25, -0.2) is 0 Å². The van der Waals surface area contributed by atoms with Crippen molar-refractivity contribution in [2.75, 3.05) is 7.11 Å². The Morgan fingerprint density at radius 1 is 1.47 bits per heavy atom. The number of halogens is 1. The molecule has 1 fully saturated rings. The minimum Gasteiger partial charge on any atom is -0.377 e. The van der Waals surface area contributed by atoms with Crippen LogP contribution >= 0.6 is 15.9 Å². The molecule has 0 amide bonds. The van der Waals surface area contributed by atoms with Gasteiger partial charge in [0.15, 0.2) is 0 Å². The van der Waals surface area contributed by atoms with Crippen molar-refractivity contribution >= 4 is 15.9 Å². The number of hydrogen-bond donors (Lipinski definition) is 1. The highest BCUT2D eigenvalue weighted by atomic mass is 79.9. The van der Waals surface area contributed by atoms with Gasteiger partial charge in [0.25, 0.3) is 0 Å². The lowest BCUT2D eigenvalue weighted by Crippen LogP contribution is -2.49. The molecule has 1 unspecified atom stereocenters. The van der Waals surface area contributed by atoms with Gasteiger partial charge in [0.2, 0.25) is 0 Å². The summed E-state index contributed by atoms with van der Waals surface area (Å²) in [5.41, 5.74) is 8.59. The van der Waals surface area contributed by atoms with Crippen molar-refractivity contribution < 1.29 is 4.74 Å². The summed E-state index contributed by atoms with van der Waals surface area (Å²) in [5, 5.41) is 4.53. The quantitative estimate of drug-likeness (QED) is 0.903. The largest absolute Gasteiger partial charge is 0.377 e. The molecule has 0 spiro atoms. The van der Waals surface area contributed by atoms with Crippen LogP contribution in [0.25, 0.3) is 0 Å². The Morgan fingerprint density at radius 2 is 2.11 bits per heavy atom. The Kier molecular flexibility index (Phi) is 4.69. The zero-order chi connectivity index (χ0) is 14.0. The Bertz CT molecular complexity index is 438. The van der Waals surface area contributed by atoms with Gasteiger partial charge in [-0.05, 0) is 35.2 Å². The SMILES string of the molecule is CCc1nn(C)c(CC(N)C2(OC)CCCC2)c1Br. The molecule has 1 aromatic rings. The highest BCUT2D eigenvalue weighted by molar-refractivity contribution is 9.10. The van der Waals surface area contributed by atoms with Gasteiger partial charge in [0.1, 0.15) is 0 Å². The van der Waals surface area contributed by atoms with Crippen LogP contribution in [0.2, 0.25) is 0 Å². The summed E-state index contributed by atoms with van der Waals surface area (Å²) in [6.45, 7) is 2.12. The number of methoxy groups -OCH3 is 1. The minimum absolute atomic E-state index is 0.0245. The third-order valence-corrected chi connectivity index (χ3v) is 5.36. The number of rotatable bonds is 5. The summed E-state index contributed by atoms with van der Waals surface area (Å²) in [7, 11) is 3.78. The van der Waals surface area contributed by atoms with Crippen LogP contribution in [0.4, 0.5) is 0 Å². The maximum absolute atomic E-state index is 6.46. The lowest BCUT2D eigenvalue weighted by molar-refractivity contribution is -0.0257. The van der Waals surface area contributed by atoms with Crippen LogP contribution in [0.15, 0.2) is 4.47 Å². The van der Waals surface area contributed by atoms with E-state index in [9.17, 15) is 0 Å². The first-order valence-electron chi connectivity index (χ1n) is 7.05. The van der Waals surface area contributed by atoms with Gasteiger partial charge in [-0.2, -0.15) is 5.10 Å². The van der Waals surface area contributed by atoms with E-state index in [4.69, 9.17) is 10.5 Å². The topological polar surface area (TPSA) is 53.1 Å². The van der Waals surface area contributed by atoms with Crippen LogP contribution in [0, 0.1) is 0 Å². The molecule has 0 saturated heterocycles. The van der Waals surface area contributed by atoms with Gasteiger partial charge in [-0.3, -0.25) is 4.68 Å². The molecule has 19 heavy (non-hydrogen) atoms. The fourth-order valence-electron chi connectivity index (χ4n) is 3.14. The van der Waals surface area contributed by atoms with E-state index in [1.54, 1.807) is 7.11 Å². The van der Waals surface area contributed by atoms with Gasteiger partial charge in [0.05, 0.1) is 21.5 Å². The van der Waals surface area contributed by atoms with Crippen LogP contribution in [0.5, 0.6) is 0 Å². The average Bonchev–Trinajstić information content (AvgIpc) is 2.99. The zero-order valence-electron chi connectivity index (χ0n) is 12.1. The van der Waals surface area contributed by atoms with E-state index in [1.165, 1.54) is 18.5 Å².